The smallest absolute Gasteiger partial charge is 0.374 e. The van der Waals surface area contributed by atoms with Crippen molar-refractivity contribution >= 4 is 36.1 Å². The number of nitrogens with zero attached hydrogens (tertiary/aromatic N) is 1. The molecule has 0 spiro atoms. The summed E-state index contributed by atoms with van der Waals surface area (Å²) in [5.41, 5.74) is 2.87. The van der Waals surface area contributed by atoms with Gasteiger partial charge in [0.15, 0.2) is 4.99 Å². The van der Waals surface area contributed by atoms with E-state index in [1.54, 1.807) is 82.5 Å². The van der Waals surface area contributed by atoms with Gasteiger partial charge in [0.25, 0.3) is 0 Å². The Morgan fingerprint density at radius 1 is 0.973 bits per heavy atom. The molecule has 3 rings (SSSR count). The molecule has 0 N–H and O–H groups in total. The molecular weight excluding hydrogens is 513 g/mol. The van der Waals surface area contributed by atoms with Crippen LogP contribution in [0, 0.1) is 13.8 Å². The van der Waals surface area contributed by atoms with Crippen LogP contribution in [-0.4, -0.2) is 34.5 Å². The summed E-state index contributed by atoms with van der Waals surface area (Å²) in [7, 11) is -4.00. The van der Waals surface area contributed by atoms with Gasteiger partial charge >= 0.3 is 18.9 Å². The molecule has 0 fully saturated rings. The van der Waals surface area contributed by atoms with Crippen molar-refractivity contribution < 1.29 is 32.7 Å². The molecule has 0 radical (unpaired) electrons. The highest BCUT2D eigenvalue weighted by Gasteiger charge is 2.45. The zero-order valence-corrected chi connectivity index (χ0v) is 23.9. The summed E-state index contributed by atoms with van der Waals surface area (Å²) in [6.45, 7) is 12.6. The minimum absolute atomic E-state index is 0.199. The van der Waals surface area contributed by atoms with Crippen molar-refractivity contribution in [1.82, 2.24) is 4.40 Å². The number of aromatic nitrogens is 1. The Hall–Kier alpha value is -2.58. The molecule has 10 heteroatoms. The van der Waals surface area contributed by atoms with Gasteiger partial charge in [-0.1, -0.05) is 23.8 Å². The lowest BCUT2D eigenvalue weighted by Crippen LogP contribution is -2.16. The standard InChI is InChI=1S/C27H34NO7PS/c1-8-32-25(29)23-20(7)24(28-16-10-9-11-22(23)28)26(36(31,34-17(2)3)35-18(4)5)37-27(30)33-21-14-12-19(6)13-15-21/h9-18,26H,8H2,1-7H3. The zero-order chi connectivity index (χ0) is 27.3. The highest BCUT2D eigenvalue weighted by atomic mass is 32.2. The van der Waals surface area contributed by atoms with Crippen LogP contribution >= 0.6 is 19.4 Å². The second-order valence-electron chi connectivity index (χ2n) is 9.05. The second kappa shape index (κ2) is 12.3. The molecule has 0 aliphatic carbocycles. The first kappa shape index (κ1) is 29.0. The van der Waals surface area contributed by atoms with E-state index in [-0.39, 0.29) is 6.61 Å². The number of carbonyl (C=O) groups is 2. The molecule has 2 heterocycles. The molecule has 0 bridgehead atoms. The van der Waals surface area contributed by atoms with E-state index in [4.69, 9.17) is 18.5 Å². The quantitative estimate of drug-likeness (QED) is 0.188. The molecule has 3 aromatic rings. The number of pyridine rings is 1. The first-order valence-electron chi connectivity index (χ1n) is 12.1. The third-order valence-electron chi connectivity index (χ3n) is 5.28. The SMILES string of the molecule is CCOC(=O)c1c(C)c(C(SC(=O)Oc2ccc(C)cc2)P(=O)(OC(C)C)OC(C)C)n2ccccc12. The molecule has 1 atom stereocenters. The highest BCUT2D eigenvalue weighted by molar-refractivity contribution is 8.17. The molecule has 1 unspecified atom stereocenters. The van der Waals surface area contributed by atoms with Crippen LogP contribution in [-0.2, 0) is 18.3 Å². The second-order valence-corrected chi connectivity index (χ2v) is 12.5. The lowest BCUT2D eigenvalue weighted by atomic mass is 10.1. The third-order valence-corrected chi connectivity index (χ3v) is 9.34. The van der Waals surface area contributed by atoms with E-state index in [0.717, 1.165) is 5.56 Å². The maximum Gasteiger partial charge on any atom is 0.374 e. The molecule has 0 saturated carbocycles. The predicted octanol–water partition coefficient (Wildman–Crippen LogP) is 7.71. The molecule has 0 saturated heterocycles. The van der Waals surface area contributed by atoms with Crippen molar-refractivity contribution in [1.29, 1.82) is 0 Å². The number of hydrogen-bond acceptors (Lipinski definition) is 8. The van der Waals surface area contributed by atoms with Crippen molar-refractivity contribution in [2.45, 2.75) is 65.7 Å². The largest absolute Gasteiger partial charge is 0.462 e. The van der Waals surface area contributed by atoms with Gasteiger partial charge in [-0.2, -0.15) is 0 Å². The minimum atomic E-state index is -4.00. The van der Waals surface area contributed by atoms with Crippen LogP contribution in [0.15, 0.2) is 48.7 Å². The maximum atomic E-state index is 14.5. The number of ether oxygens (including phenoxy) is 2. The van der Waals surface area contributed by atoms with Crippen molar-refractivity contribution in [3.8, 4) is 5.75 Å². The predicted molar refractivity (Wildman–Crippen MR) is 146 cm³/mol. The van der Waals surface area contributed by atoms with Crippen LogP contribution in [0.2, 0.25) is 0 Å². The van der Waals surface area contributed by atoms with Gasteiger partial charge in [0, 0.05) is 6.20 Å². The number of esters is 1. The van der Waals surface area contributed by atoms with Crippen LogP contribution in [0.5, 0.6) is 5.75 Å². The fourth-order valence-corrected chi connectivity index (χ4v) is 7.80. The Bertz CT molecular complexity index is 1290. The summed E-state index contributed by atoms with van der Waals surface area (Å²) in [6, 6.07) is 12.4. The zero-order valence-electron chi connectivity index (χ0n) is 22.2. The van der Waals surface area contributed by atoms with Crippen molar-refractivity contribution in [3.05, 3.63) is 71.0 Å². The van der Waals surface area contributed by atoms with Gasteiger partial charge in [-0.25, -0.2) is 9.59 Å². The average Bonchev–Trinajstić information content (AvgIpc) is 3.09. The number of thioether (sulfide) groups is 1. The van der Waals surface area contributed by atoms with Gasteiger partial charge in [-0.05, 0) is 90.1 Å². The van der Waals surface area contributed by atoms with Crippen LogP contribution in [0.3, 0.4) is 0 Å². The Morgan fingerprint density at radius 2 is 1.59 bits per heavy atom. The summed E-state index contributed by atoms with van der Waals surface area (Å²) >= 11 is 0.708. The van der Waals surface area contributed by atoms with E-state index in [9.17, 15) is 14.2 Å². The molecule has 0 amide bonds. The Labute approximate surface area is 222 Å². The van der Waals surface area contributed by atoms with E-state index in [2.05, 4.69) is 0 Å². The average molecular weight is 548 g/mol. The van der Waals surface area contributed by atoms with Gasteiger partial charge < -0.3 is 22.9 Å². The van der Waals surface area contributed by atoms with Gasteiger partial charge in [-0.3, -0.25) is 4.57 Å². The molecular formula is C27H34NO7PS. The van der Waals surface area contributed by atoms with E-state index < -0.39 is 36.1 Å². The monoisotopic (exact) mass is 547 g/mol. The van der Waals surface area contributed by atoms with Crippen LogP contribution < -0.4 is 4.74 Å². The Kier molecular flexibility index (Phi) is 9.64. The molecule has 37 heavy (non-hydrogen) atoms. The van der Waals surface area contributed by atoms with E-state index in [1.165, 1.54) is 0 Å². The fraction of sp³-hybridized carbons (Fsp3) is 0.407. The molecule has 0 aliphatic rings. The van der Waals surface area contributed by atoms with Gasteiger partial charge in [0.05, 0.1) is 35.6 Å². The molecule has 1 aromatic carbocycles. The summed E-state index contributed by atoms with van der Waals surface area (Å²) in [5.74, 6) is -0.152. The molecule has 2 aromatic heterocycles. The third kappa shape index (κ3) is 6.85. The normalized spacial score (nSPS) is 12.8. The van der Waals surface area contributed by atoms with E-state index in [1.807, 2.05) is 19.1 Å². The molecule has 200 valence electrons. The topological polar surface area (TPSA) is 92.5 Å². The van der Waals surface area contributed by atoms with Gasteiger partial charge in [0.1, 0.15) is 5.75 Å². The summed E-state index contributed by atoms with van der Waals surface area (Å²) in [5, 5.41) is -0.684. The van der Waals surface area contributed by atoms with Gasteiger partial charge in [-0.15, -0.1) is 0 Å². The van der Waals surface area contributed by atoms with Crippen molar-refractivity contribution in [2.24, 2.45) is 0 Å². The first-order chi connectivity index (χ1) is 17.5. The number of rotatable bonds is 10. The van der Waals surface area contributed by atoms with Crippen LogP contribution in [0.25, 0.3) is 5.52 Å². The molecule has 8 nitrogen and oxygen atoms in total. The van der Waals surface area contributed by atoms with Crippen LogP contribution in [0.4, 0.5) is 4.79 Å². The Balaban J connectivity index is 2.19. The van der Waals surface area contributed by atoms with Gasteiger partial charge in [0.2, 0.25) is 0 Å². The highest BCUT2D eigenvalue weighted by Crippen LogP contribution is 2.67. The number of aryl methyl sites for hydroxylation is 1. The number of carbonyl (C=O) groups excluding carboxylic acids is 2. The number of fused-ring (bicyclic) bond motifs is 1. The van der Waals surface area contributed by atoms with Crippen LogP contribution in [0.1, 0.15) is 66.8 Å². The number of hydrogen-bond donors (Lipinski definition) is 0. The first-order valence-corrected chi connectivity index (χ1v) is 14.6. The van der Waals surface area contributed by atoms with E-state index >= 15 is 0 Å². The molecule has 0 aliphatic heterocycles. The lowest BCUT2D eigenvalue weighted by Gasteiger charge is -2.29. The number of benzene rings is 1. The van der Waals surface area contributed by atoms with Crippen molar-refractivity contribution in [3.63, 3.8) is 0 Å². The minimum Gasteiger partial charge on any atom is -0.462 e. The summed E-state index contributed by atoms with van der Waals surface area (Å²) < 4.78 is 38.9. The Morgan fingerprint density at radius 3 is 2.16 bits per heavy atom. The maximum absolute atomic E-state index is 14.5. The fourth-order valence-electron chi connectivity index (χ4n) is 3.93. The summed E-state index contributed by atoms with van der Waals surface area (Å²) in [6.07, 6.45) is 0.822. The lowest BCUT2D eigenvalue weighted by molar-refractivity contribution is 0.0527. The summed E-state index contributed by atoms with van der Waals surface area (Å²) in [4.78, 5) is 25.0. The van der Waals surface area contributed by atoms with E-state index in [0.29, 0.717) is 39.8 Å². The van der Waals surface area contributed by atoms with Crippen molar-refractivity contribution in [2.75, 3.05) is 6.61 Å².